The van der Waals surface area contributed by atoms with Crippen LogP contribution in [0.1, 0.15) is 37.5 Å². The molecule has 0 spiro atoms. The Kier molecular flexibility index (Phi) is 6.83. The van der Waals surface area contributed by atoms with E-state index in [1.54, 1.807) is 24.3 Å². The summed E-state index contributed by atoms with van der Waals surface area (Å²) in [5.74, 6) is 0.349. The highest BCUT2D eigenvalue weighted by Crippen LogP contribution is 2.32. The molecule has 5 nitrogen and oxygen atoms in total. The van der Waals surface area contributed by atoms with Crippen LogP contribution in [0.5, 0.6) is 0 Å². The second-order valence-electron chi connectivity index (χ2n) is 7.35. The van der Waals surface area contributed by atoms with Crippen LogP contribution in [0.3, 0.4) is 0 Å². The van der Waals surface area contributed by atoms with Crippen LogP contribution in [-0.2, 0) is 9.78 Å². The number of rotatable bonds is 7. The smallest absolute Gasteiger partial charge is 0.407 e. The first-order valence-corrected chi connectivity index (χ1v) is 9.93. The molecule has 0 bridgehead atoms. The van der Waals surface area contributed by atoms with Crippen LogP contribution in [0.25, 0.3) is 0 Å². The number of halogens is 2. The number of carbonyl (C=O) groups is 1. The zero-order valence-corrected chi connectivity index (χ0v) is 17.2. The Morgan fingerprint density at radius 2 is 1.57 bits per heavy atom. The van der Waals surface area contributed by atoms with E-state index in [1.807, 2.05) is 24.3 Å². The molecule has 0 radical (unpaired) electrons. The lowest BCUT2D eigenvalue weighted by Crippen LogP contribution is -2.63. The third-order valence-electron chi connectivity index (χ3n) is 4.79. The predicted molar refractivity (Wildman–Crippen MR) is 109 cm³/mol. The lowest BCUT2D eigenvalue weighted by Gasteiger charge is -2.46. The van der Waals surface area contributed by atoms with Gasteiger partial charge in [-0.15, -0.1) is 0 Å². The standard InChI is InChI=1S/C21H23Cl2NO4/c1-13(2)11-18-19(12-24(18)21(25)26)27-28-20(14-3-7-16(22)8-4-14)15-5-9-17(23)10-6-15/h3-10,13,18-20H,11-12H2,1-2H3,(H,25,26). The molecule has 1 heterocycles. The number of benzene rings is 2. The molecule has 1 amide bonds. The average molecular weight is 424 g/mol. The van der Waals surface area contributed by atoms with E-state index in [2.05, 4.69) is 13.8 Å². The van der Waals surface area contributed by atoms with Crippen LogP contribution in [0.2, 0.25) is 10.0 Å². The van der Waals surface area contributed by atoms with Crippen molar-refractivity contribution in [3.8, 4) is 0 Å². The molecule has 1 saturated heterocycles. The zero-order valence-electron chi connectivity index (χ0n) is 15.7. The number of hydrogen-bond acceptors (Lipinski definition) is 3. The molecule has 1 aliphatic rings. The first kappa shape index (κ1) is 20.9. The summed E-state index contributed by atoms with van der Waals surface area (Å²) < 4.78 is 0. The maximum absolute atomic E-state index is 11.4. The fraction of sp³-hybridized carbons (Fsp3) is 0.381. The predicted octanol–water partition coefficient (Wildman–Crippen LogP) is 5.81. The second-order valence-corrected chi connectivity index (χ2v) is 8.22. The minimum absolute atomic E-state index is 0.214. The van der Waals surface area contributed by atoms with Crippen LogP contribution >= 0.6 is 23.2 Å². The minimum atomic E-state index is -0.933. The quantitative estimate of drug-likeness (QED) is 0.450. The van der Waals surface area contributed by atoms with E-state index >= 15 is 0 Å². The van der Waals surface area contributed by atoms with Crippen LogP contribution in [0, 0.1) is 5.92 Å². The van der Waals surface area contributed by atoms with Gasteiger partial charge in [-0.3, -0.25) is 4.90 Å². The van der Waals surface area contributed by atoms with Crippen molar-refractivity contribution in [2.45, 2.75) is 38.5 Å². The van der Waals surface area contributed by atoms with Crippen molar-refractivity contribution < 1.29 is 19.7 Å². The Morgan fingerprint density at radius 3 is 2.00 bits per heavy atom. The highest BCUT2D eigenvalue weighted by Gasteiger charge is 2.44. The molecule has 1 fully saturated rings. The molecule has 0 aliphatic carbocycles. The topological polar surface area (TPSA) is 59.0 Å². The van der Waals surface area contributed by atoms with Gasteiger partial charge in [0.15, 0.2) is 0 Å². The molecule has 2 aromatic rings. The lowest BCUT2D eigenvalue weighted by atomic mass is 9.91. The normalized spacial score (nSPS) is 19.1. The summed E-state index contributed by atoms with van der Waals surface area (Å²) in [5, 5.41) is 10.6. The lowest BCUT2D eigenvalue weighted by molar-refractivity contribution is -0.371. The Bertz CT molecular complexity index is 750. The molecule has 0 saturated carbocycles. The van der Waals surface area contributed by atoms with Crippen LogP contribution in [-0.4, -0.2) is 34.8 Å². The largest absolute Gasteiger partial charge is 0.465 e. The van der Waals surface area contributed by atoms with Crippen molar-refractivity contribution in [1.29, 1.82) is 0 Å². The van der Waals surface area contributed by atoms with Crippen molar-refractivity contribution >= 4 is 29.3 Å². The van der Waals surface area contributed by atoms with Gasteiger partial charge in [0.2, 0.25) is 0 Å². The number of carboxylic acid groups (broad SMARTS) is 1. The zero-order chi connectivity index (χ0) is 20.3. The van der Waals surface area contributed by atoms with E-state index in [-0.39, 0.29) is 12.1 Å². The average Bonchev–Trinajstić information content (AvgIpc) is 2.64. The summed E-state index contributed by atoms with van der Waals surface area (Å²) in [6.45, 7) is 4.40. The van der Waals surface area contributed by atoms with Gasteiger partial charge in [-0.25, -0.2) is 14.6 Å². The van der Waals surface area contributed by atoms with Gasteiger partial charge < -0.3 is 5.11 Å². The van der Waals surface area contributed by atoms with Crippen molar-refractivity contribution in [2.24, 2.45) is 5.92 Å². The summed E-state index contributed by atoms with van der Waals surface area (Å²) in [4.78, 5) is 24.3. The fourth-order valence-corrected chi connectivity index (χ4v) is 3.55. The third kappa shape index (κ3) is 4.97. The summed E-state index contributed by atoms with van der Waals surface area (Å²) >= 11 is 12.0. The van der Waals surface area contributed by atoms with Gasteiger partial charge >= 0.3 is 6.09 Å². The van der Waals surface area contributed by atoms with E-state index < -0.39 is 12.2 Å². The Balaban J connectivity index is 1.75. The van der Waals surface area contributed by atoms with Gasteiger partial charge in [-0.2, -0.15) is 0 Å². The van der Waals surface area contributed by atoms with E-state index in [0.717, 1.165) is 11.1 Å². The summed E-state index contributed by atoms with van der Waals surface area (Å²) in [6, 6.07) is 14.5. The number of amides is 1. The van der Waals surface area contributed by atoms with Gasteiger partial charge in [0, 0.05) is 10.0 Å². The highest BCUT2D eigenvalue weighted by molar-refractivity contribution is 6.30. The molecule has 1 N–H and O–H groups in total. The molecule has 7 heteroatoms. The van der Waals surface area contributed by atoms with Crippen LogP contribution in [0.15, 0.2) is 48.5 Å². The van der Waals surface area contributed by atoms with Gasteiger partial charge in [0.05, 0.1) is 12.6 Å². The Morgan fingerprint density at radius 1 is 1.07 bits per heavy atom. The van der Waals surface area contributed by atoms with Gasteiger partial charge in [-0.05, 0) is 47.7 Å². The van der Waals surface area contributed by atoms with E-state index in [0.29, 0.717) is 28.9 Å². The summed E-state index contributed by atoms with van der Waals surface area (Å²) in [7, 11) is 0. The molecule has 3 rings (SSSR count). The first-order chi connectivity index (χ1) is 13.3. The Labute approximate surface area is 174 Å². The molecule has 2 atom stereocenters. The van der Waals surface area contributed by atoms with Crippen molar-refractivity contribution in [2.75, 3.05) is 6.54 Å². The number of hydrogen-bond donors (Lipinski definition) is 1. The SMILES string of the molecule is CC(C)CC1C(OOC(c2ccc(Cl)cc2)c2ccc(Cl)cc2)CN1C(=O)O. The van der Waals surface area contributed by atoms with E-state index in [1.165, 1.54) is 4.90 Å². The molecular weight excluding hydrogens is 401 g/mol. The van der Waals surface area contributed by atoms with Gasteiger partial charge in [0.25, 0.3) is 0 Å². The van der Waals surface area contributed by atoms with E-state index in [4.69, 9.17) is 33.0 Å². The van der Waals surface area contributed by atoms with Crippen LogP contribution < -0.4 is 0 Å². The second kappa shape index (κ2) is 9.14. The monoisotopic (exact) mass is 423 g/mol. The minimum Gasteiger partial charge on any atom is -0.465 e. The number of likely N-dealkylation sites (tertiary alicyclic amines) is 1. The fourth-order valence-electron chi connectivity index (χ4n) is 3.30. The van der Waals surface area contributed by atoms with Crippen molar-refractivity contribution in [3.63, 3.8) is 0 Å². The molecule has 150 valence electrons. The molecule has 0 aromatic heterocycles. The van der Waals surface area contributed by atoms with Crippen molar-refractivity contribution in [3.05, 3.63) is 69.7 Å². The summed E-state index contributed by atoms with van der Waals surface area (Å²) in [5.41, 5.74) is 1.75. The number of nitrogens with zero attached hydrogens (tertiary/aromatic N) is 1. The highest BCUT2D eigenvalue weighted by atomic mass is 35.5. The van der Waals surface area contributed by atoms with Crippen molar-refractivity contribution in [1.82, 2.24) is 4.90 Å². The molecule has 2 aromatic carbocycles. The maximum Gasteiger partial charge on any atom is 0.407 e. The first-order valence-electron chi connectivity index (χ1n) is 9.17. The maximum atomic E-state index is 11.4. The van der Waals surface area contributed by atoms with Crippen LogP contribution in [0.4, 0.5) is 4.79 Å². The van der Waals surface area contributed by atoms with Gasteiger partial charge in [0.1, 0.15) is 12.2 Å². The summed E-state index contributed by atoms with van der Waals surface area (Å²) in [6.07, 6.45) is -1.00. The molecule has 28 heavy (non-hydrogen) atoms. The molecular formula is C21H23Cl2NO4. The Hall–Kier alpha value is -1.79. The molecule has 2 unspecified atom stereocenters. The van der Waals surface area contributed by atoms with Gasteiger partial charge in [-0.1, -0.05) is 61.3 Å². The third-order valence-corrected chi connectivity index (χ3v) is 5.29. The van der Waals surface area contributed by atoms with E-state index in [9.17, 15) is 9.90 Å². The molecule has 1 aliphatic heterocycles.